The Bertz CT molecular complexity index is 1170. The standard InChI is InChI=1S/C25H24N2O2S/c1-16(20-13-8-10-19-9-4-5-11-21(19)20)26-25(28)22-12-6-7-14-24(22)30-15-23-17(2)27-29-18(23)3/h4-14,16H,15H2,1-3H3,(H,26,28). The molecule has 5 heteroatoms. The summed E-state index contributed by atoms with van der Waals surface area (Å²) in [6.07, 6.45) is 0. The van der Waals surface area contributed by atoms with E-state index in [4.69, 9.17) is 4.52 Å². The third-order valence-electron chi connectivity index (χ3n) is 5.32. The van der Waals surface area contributed by atoms with Gasteiger partial charge in [-0.25, -0.2) is 0 Å². The largest absolute Gasteiger partial charge is 0.361 e. The molecule has 1 aromatic heterocycles. The number of hydrogen-bond acceptors (Lipinski definition) is 4. The maximum Gasteiger partial charge on any atom is 0.252 e. The smallest absolute Gasteiger partial charge is 0.252 e. The van der Waals surface area contributed by atoms with Crippen molar-refractivity contribution in [1.29, 1.82) is 0 Å². The van der Waals surface area contributed by atoms with Crippen molar-refractivity contribution in [2.75, 3.05) is 0 Å². The Hall–Kier alpha value is -3.05. The zero-order chi connectivity index (χ0) is 21.1. The first-order chi connectivity index (χ1) is 14.5. The van der Waals surface area contributed by atoms with Gasteiger partial charge in [-0.3, -0.25) is 4.79 Å². The van der Waals surface area contributed by atoms with Crippen LogP contribution in [-0.4, -0.2) is 11.1 Å². The molecule has 3 aromatic carbocycles. The highest BCUT2D eigenvalue weighted by atomic mass is 32.2. The second-order valence-corrected chi connectivity index (χ2v) is 8.37. The lowest BCUT2D eigenvalue weighted by Crippen LogP contribution is -2.27. The second kappa shape index (κ2) is 8.76. The van der Waals surface area contributed by atoms with Gasteiger partial charge in [-0.05, 0) is 49.2 Å². The summed E-state index contributed by atoms with van der Waals surface area (Å²) < 4.78 is 5.26. The fraction of sp³-hybridized carbons (Fsp3) is 0.200. The van der Waals surface area contributed by atoms with Crippen molar-refractivity contribution < 1.29 is 9.32 Å². The van der Waals surface area contributed by atoms with E-state index in [1.54, 1.807) is 11.8 Å². The van der Waals surface area contributed by atoms with Crippen molar-refractivity contribution in [1.82, 2.24) is 10.5 Å². The van der Waals surface area contributed by atoms with E-state index in [-0.39, 0.29) is 11.9 Å². The number of aromatic nitrogens is 1. The van der Waals surface area contributed by atoms with Crippen LogP contribution in [-0.2, 0) is 5.75 Å². The van der Waals surface area contributed by atoms with E-state index in [0.717, 1.165) is 32.9 Å². The Morgan fingerprint density at radius 3 is 2.57 bits per heavy atom. The number of fused-ring (bicyclic) bond motifs is 1. The number of nitrogens with one attached hydrogen (secondary N) is 1. The lowest BCUT2D eigenvalue weighted by molar-refractivity contribution is 0.0937. The van der Waals surface area contributed by atoms with Crippen LogP contribution in [0.15, 0.2) is 76.1 Å². The molecule has 1 heterocycles. The van der Waals surface area contributed by atoms with Crippen LogP contribution >= 0.6 is 11.8 Å². The number of carbonyl (C=O) groups excluding carboxylic acids is 1. The minimum atomic E-state index is -0.107. The first kappa shape index (κ1) is 20.2. The number of benzene rings is 3. The molecule has 152 valence electrons. The first-order valence-corrected chi connectivity index (χ1v) is 10.9. The molecule has 1 N–H and O–H groups in total. The van der Waals surface area contributed by atoms with Gasteiger partial charge in [0.2, 0.25) is 0 Å². The summed E-state index contributed by atoms with van der Waals surface area (Å²) in [5.74, 6) is 1.47. The molecule has 1 unspecified atom stereocenters. The van der Waals surface area contributed by atoms with Crippen LogP contribution in [0, 0.1) is 13.8 Å². The van der Waals surface area contributed by atoms with Gasteiger partial charge >= 0.3 is 0 Å². The Morgan fingerprint density at radius 2 is 1.77 bits per heavy atom. The van der Waals surface area contributed by atoms with Crippen molar-refractivity contribution in [3.05, 3.63) is 94.9 Å². The van der Waals surface area contributed by atoms with Gasteiger partial charge < -0.3 is 9.84 Å². The van der Waals surface area contributed by atoms with Crippen molar-refractivity contribution in [3.63, 3.8) is 0 Å². The molecule has 4 rings (SSSR count). The molecule has 4 nitrogen and oxygen atoms in total. The van der Waals surface area contributed by atoms with E-state index in [0.29, 0.717) is 11.3 Å². The highest BCUT2D eigenvalue weighted by Crippen LogP contribution is 2.30. The normalized spacial score (nSPS) is 12.1. The van der Waals surface area contributed by atoms with E-state index in [1.807, 2.05) is 63.2 Å². The topological polar surface area (TPSA) is 55.1 Å². The molecule has 30 heavy (non-hydrogen) atoms. The predicted molar refractivity (Wildman–Crippen MR) is 122 cm³/mol. The van der Waals surface area contributed by atoms with Gasteiger partial charge in [0, 0.05) is 16.2 Å². The Balaban J connectivity index is 1.53. The molecule has 0 aliphatic rings. The molecule has 4 aromatic rings. The molecule has 0 spiro atoms. The summed E-state index contributed by atoms with van der Waals surface area (Å²) in [5.41, 5.74) is 3.77. The van der Waals surface area contributed by atoms with Crippen LogP contribution in [0.1, 0.15) is 45.9 Å². The van der Waals surface area contributed by atoms with E-state index in [2.05, 4.69) is 34.7 Å². The number of rotatable bonds is 6. The third-order valence-corrected chi connectivity index (χ3v) is 6.42. The van der Waals surface area contributed by atoms with E-state index >= 15 is 0 Å². The van der Waals surface area contributed by atoms with Crippen LogP contribution in [0.4, 0.5) is 0 Å². The molecule has 0 fully saturated rings. The van der Waals surface area contributed by atoms with Gasteiger partial charge in [-0.1, -0.05) is 59.8 Å². The Morgan fingerprint density at radius 1 is 1.03 bits per heavy atom. The summed E-state index contributed by atoms with van der Waals surface area (Å²) in [6.45, 7) is 5.89. The van der Waals surface area contributed by atoms with Crippen molar-refractivity contribution in [2.45, 2.75) is 37.5 Å². The predicted octanol–water partition coefficient (Wildman–Crippen LogP) is 6.23. The Kier molecular flexibility index (Phi) is 5.91. The van der Waals surface area contributed by atoms with E-state index in [9.17, 15) is 4.79 Å². The van der Waals surface area contributed by atoms with E-state index < -0.39 is 0 Å². The summed E-state index contributed by atoms with van der Waals surface area (Å²) in [7, 11) is 0. The number of nitrogens with zero attached hydrogens (tertiary/aromatic N) is 1. The molecule has 0 bridgehead atoms. The van der Waals surface area contributed by atoms with Gasteiger partial charge in [-0.15, -0.1) is 11.8 Å². The van der Waals surface area contributed by atoms with Crippen LogP contribution < -0.4 is 5.32 Å². The molecule has 0 saturated carbocycles. The highest BCUT2D eigenvalue weighted by molar-refractivity contribution is 7.98. The zero-order valence-electron chi connectivity index (χ0n) is 17.3. The Labute approximate surface area is 180 Å². The average Bonchev–Trinajstić information content (AvgIpc) is 3.09. The molecule has 0 aliphatic heterocycles. The van der Waals surface area contributed by atoms with Crippen LogP contribution in [0.3, 0.4) is 0 Å². The first-order valence-electron chi connectivity index (χ1n) is 9.96. The lowest BCUT2D eigenvalue weighted by atomic mass is 9.99. The van der Waals surface area contributed by atoms with Crippen LogP contribution in [0.5, 0.6) is 0 Å². The number of carbonyl (C=O) groups is 1. The van der Waals surface area contributed by atoms with Gasteiger partial charge in [0.05, 0.1) is 17.3 Å². The van der Waals surface area contributed by atoms with Gasteiger partial charge in [-0.2, -0.15) is 0 Å². The minimum Gasteiger partial charge on any atom is -0.361 e. The molecule has 1 amide bonds. The molecular formula is C25H24N2O2S. The van der Waals surface area contributed by atoms with Crippen molar-refractivity contribution in [2.24, 2.45) is 0 Å². The molecule has 0 radical (unpaired) electrons. The third kappa shape index (κ3) is 4.12. The fourth-order valence-corrected chi connectivity index (χ4v) is 4.82. The van der Waals surface area contributed by atoms with Crippen molar-refractivity contribution in [3.8, 4) is 0 Å². The summed E-state index contributed by atoms with van der Waals surface area (Å²) in [5, 5.41) is 9.53. The average molecular weight is 417 g/mol. The van der Waals surface area contributed by atoms with Gasteiger partial charge in [0.15, 0.2) is 0 Å². The highest BCUT2D eigenvalue weighted by Gasteiger charge is 2.17. The van der Waals surface area contributed by atoms with Gasteiger partial charge in [0.25, 0.3) is 5.91 Å². The summed E-state index contributed by atoms with van der Waals surface area (Å²) in [4.78, 5) is 14.1. The minimum absolute atomic E-state index is 0.0719. The summed E-state index contributed by atoms with van der Waals surface area (Å²) in [6, 6.07) is 22.1. The zero-order valence-corrected chi connectivity index (χ0v) is 18.1. The summed E-state index contributed by atoms with van der Waals surface area (Å²) >= 11 is 1.63. The second-order valence-electron chi connectivity index (χ2n) is 7.35. The SMILES string of the molecule is Cc1noc(C)c1CSc1ccccc1C(=O)NC(C)c1cccc2ccccc12. The number of aryl methyl sites for hydroxylation is 2. The molecular weight excluding hydrogens is 392 g/mol. The number of hydrogen-bond donors (Lipinski definition) is 1. The maximum absolute atomic E-state index is 13.1. The molecule has 0 aliphatic carbocycles. The lowest BCUT2D eigenvalue weighted by Gasteiger charge is -2.18. The number of amides is 1. The quantitative estimate of drug-likeness (QED) is 0.379. The van der Waals surface area contributed by atoms with Crippen LogP contribution in [0.25, 0.3) is 10.8 Å². The van der Waals surface area contributed by atoms with Crippen molar-refractivity contribution >= 4 is 28.4 Å². The number of thioether (sulfide) groups is 1. The maximum atomic E-state index is 13.1. The fourth-order valence-electron chi connectivity index (χ4n) is 3.62. The van der Waals surface area contributed by atoms with Gasteiger partial charge in [0.1, 0.15) is 5.76 Å². The van der Waals surface area contributed by atoms with Crippen LogP contribution in [0.2, 0.25) is 0 Å². The molecule has 1 atom stereocenters. The molecule has 0 saturated heterocycles. The monoisotopic (exact) mass is 416 g/mol. The van der Waals surface area contributed by atoms with E-state index in [1.165, 1.54) is 5.39 Å².